The molecule has 0 aliphatic rings. The highest BCUT2D eigenvalue weighted by Crippen LogP contribution is 2.21. The maximum Gasteiger partial charge on any atom is 0.293 e. The van der Waals surface area contributed by atoms with Gasteiger partial charge in [-0.1, -0.05) is 6.08 Å². The second-order valence-electron chi connectivity index (χ2n) is 5.57. The van der Waals surface area contributed by atoms with Crippen LogP contribution in [0.5, 0.6) is 0 Å². The van der Waals surface area contributed by atoms with E-state index in [-0.39, 0.29) is 12.8 Å². The summed E-state index contributed by atoms with van der Waals surface area (Å²) in [6, 6.07) is 0. The van der Waals surface area contributed by atoms with Gasteiger partial charge in [-0.15, -0.1) is 17.9 Å². The van der Waals surface area contributed by atoms with Crippen molar-refractivity contribution >= 4 is 34.0 Å². The number of hydrogen-bond acceptors (Lipinski definition) is 8. The fourth-order valence-corrected chi connectivity index (χ4v) is 3.43. The minimum absolute atomic E-state index is 0.0157. The van der Waals surface area contributed by atoms with E-state index in [9.17, 15) is 18.3 Å². The summed E-state index contributed by atoms with van der Waals surface area (Å²) in [5.41, 5.74) is 1.40. The molecule has 0 aromatic carbocycles. The van der Waals surface area contributed by atoms with E-state index in [1.54, 1.807) is 13.0 Å². The summed E-state index contributed by atoms with van der Waals surface area (Å²) in [5, 5.41) is 13.1. The monoisotopic (exact) mass is 389 g/mol. The number of ether oxygens (including phenoxy) is 1. The molecule has 0 saturated carbocycles. The third-order valence-electron chi connectivity index (χ3n) is 3.32. The number of aliphatic hydroxyl groups excluding tert-OH is 1. The third kappa shape index (κ3) is 7.91. The van der Waals surface area contributed by atoms with Crippen LogP contribution in [0, 0.1) is 6.92 Å². The largest absolute Gasteiger partial charge is 0.460 e. The Balaban J connectivity index is 2.91. The second kappa shape index (κ2) is 9.81. The van der Waals surface area contributed by atoms with Crippen molar-refractivity contribution in [2.24, 2.45) is 0 Å². The second-order valence-corrected chi connectivity index (χ2v) is 8.23. The first-order valence-electron chi connectivity index (χ1n) is 7.53. The van der Waals surface area contributed by atoms with Gasteiger partial charge in [0.2, 0.25) is 0 Å². The van der Waals surface area contributed by atoms with E-state index in [2.05, 4.69) is 11.6 Å². The fraction of sp³-hybridized carbons (Fsp3) is 0.500. The minimum atomic E-state index is -3.75. The van der Waals surface area contributed by atoms with E-state index in [0.717, 1.165) is 17.0 Å². The Morgan fingerprint density at radius 3 is 2.68 bits per heavy atom. The van der Waals surface area contributed by atoms with Crippen molar-refractivity contribution in [3.63, 3.8) is 0 Å². The standard InChI is InChI=1S/C16H23NO6S2/c1-5-6-15(23-25(4,20)21)14(19)8-16(22-10-18)11(2)7-13-9-24-12(3)17-13/h5,7,9-10,14-16,19H,1,6,8H2,2-4H3/b11-7+/t14-,15-,16-/m0/s1. The molecule has 0 spiro atoms. The molecule has 0 unspecified atom stereocenters. The Morgan fingerprint density at radius 2 is 2.20 bits per heavy atom. The number of aliphatic hydroxyl groups is 1. The molecule has 1 aromatic rings. The Bertz CT molecular complexity index is 710. The van der Waals surface area contributed by atoms with E-state index >= 15 is 0 Å². The number of hydrogen-bond donors (Lipinski definition) is 1. The highest BCUT2D eigenvalue weighted by Gasteiger charge is 2.27. The Labute approximate surface area is 152 Å². The SMILES string of the molecule is C=CC[C@H](OS(C)(=O)=O)[C@@H](O)C[C@H](OC=O)/C(C)=C/c1csc(C)n1. The molecule has 7 nitrogen and oxygen atoms in total. The maximum atomic E-state index is 11.3. The Hall–Kier alpha value is -1.55. The maximum absolute atomic E-state index is 11.3. The van der Waals surface area contributed by atoms with Crippen LogP contribution >= 0.6 is 11.3 Å². The molecule has 25 heavy (non-hydrogen) atoms. The van der Waals surface area contributed by atoms with Gasteiger partial charge in [-0.05, 0) is 31.9 Å². The molecule has 1 rings (SSSR count). The van der Waals surface area contributed by atoms with Gasteiger partial charge >= 0.3 is 0 Å². The molecule has 0 amide bonds. The molecule has 0 aliphatic carbocycles. The van der Waals surface area contributed by atoms with E-state index in [1.165, 1.54) is 17.4 Å². The van der Waals surface area contributed by atoms with Gasteiger partial charge < -0.3 is 9.84 Å². The molecule has 0 saturated heterocycles. The molecular weight excluding hydrogens is 366 g/mol. The summed E-state index contributed by atoms with van der Waals surface area (Å²) in [4.78, 5) is 15.1. The number of aromatic nitrogens is 1. The molecule has 0 bridgehead atoms. The van der Waals surface area contributed by atoms with Gasteiger partial charge in [0.1, 0.15) is 12.2 Å². The smallest absolute Gasteiger partial charge is 0.293 e. The van der Waals surface area contributed by atoms with E-state index in [1.807, 2.05) is 12.3 Å². The summed E-state index contributed by atoms with van der Waals surface area (Å²) >= 11 is 1.49. The van der Waals surface area contributed by atoms with Crippen molar-refractivity contribution in [1.82, 2.24) is 4.98 Å². The quantitative estimate of drug-likeness (QED) is 0.351. The average molecular weight is 389 g/mol. The minimum Gasteiger partial charge on any atom is -0.460 e. The zero-order valence-electron chi connectivity index (χ0n) is 14.4. The topological polar surface area (TPSA) is 103 Å². The van der Waals surface area contributed by atoms with Crippen LogP contribution in [0.4, 0.5) is 0 Å². The summed E-state index contributed by atoms with van der Waals surface area (Å²) in [7, 11) is -3.75. The molecule has 1 heterocycles. The fourth-order valence-electron chi connectivity index (χ4n) is 2.21. The summed E-state index contributed by atoms with van der Waals surface area (Å²) in [6.07, 6.45) is 1.33. The van der Waals surface area contributed by atoms with E-state index in [4.69, 9.17) is 8.92 Å². The van der Waals surface area contributed by atoms with Crippen LogP contribution in [-0.4, -0.2) is 49.5 Å². The molecule has 140 valence electrons. The van der Waals surface area contributed by atoms with Crippen molar-refractivity contribution in [2.75, 3.05) is 6.26 Å². The van der Waals surface area contributed by atoms with Crippen LogP contribution in [0.15, 0.2) is 23.6 Å². The zero-order valence-corrected chi connectivity index (χ0v) is 16.0. The van der Waals surface area contributed by atoms with Crippen LogP contribution in [-0.2, 0) is 23.8 Å². The van der Waals surface area contributed by atoms with Gasteiger partial charge in [0.05, 0.1) is 23.1 Å². The lowest BCUT2D eigenvalue weighted by atomic mass is 9.99. The first kappa shape index (κ1) is 21.5. The van der Waals surface area contributed by atoms with Crippen LogP contribution in [0.25, 0.3) is 6.08 Å². The Kier molecular flexibility index (Phi) is 8.43. The van der Waals surface area contributed by atoms with Crippen LogP contribution in [0.2, 0.25) is 0 Å². The zero-order chi connectivity index (χ0) is 19.0. The lowest BCUT2D eigenvalue weighted by Crippen LogP contribution is -2.34. The predicted octanol–water partition coefficient (Wildman–Crippen LogP) is 2.07. The van der Waals surface area contributed by atoms with Crippen molar-refractivity contribution < 1.29 is 27.2 Å². The summed E-state index contributed by atoms with van der Waals surface area (Å²) in [5.74, 6) is 0. The van der Waals surface area contributed by atoms with Crippen molar-refractivity contribution in [2.45, 2.75) is 45.0 Å². The van der Waals surface area contributed by atoms with E-state index < -0.39 is 28.4 Å². The first-order chi connectivity index (χ1) is 11.7. The summed E-state index contributed by atoms with van der Waals surface area (Å²) < 4.78 is 32.6. The molecule has 9 heteroatoms. The lowest BCUT2D eigenvalue weighted by molar-refractivity contribution is -0.133. The number of nitrogens with zero attached hydrogens (tertiary/aromatic N) is 1. The van der Waals surface area contributed by atoms with Crippen molar-refractivity contribution in [3.05, 3.63) is 34.3 Å². The number of carbonyl (C=O) groups excluding carboxylic acids is 1. The number of thiazole rings is 1. The van der Waals surface area contributed by atoms with Gasteiger partial charge in [0, 0.05) is 11.8 Å². The molecular formula is C16H23NO6S2. The van der Waals surface area contributed by atoms with Crippen molar-refractivity contribution in [1.29, 1.82) is 0 Å². The Morgan fingerprint density at radius 1 is 1.52 bits per heavy atom. The lowest BCUT2D eigenvalue weighted by Gasteiger charge is -2.25. The first-order valence-corrected chi connectivity index (χ1v) is 10.2. The molecule has 0 aliphatic heterocycles. The molecule has 1 aromatic heterocycles. The number of rotatable bonds is 11. The normalized spacial score (nSPS) is 16.1. The van der Waals surface area contributed by atoms with Gasteiger partial charge in [-0.3, -0.25) is 8.98 Å². The average Bonchev–Trinajstić information content (AvgIpc) is 2.90. The van der Waals surface area contributed by atoms with Gasteiger partial charge in [-0.2, -0.15) is 8.42 Å². The predicted molar refractivity (Wildman–Crippen MR) is 96.6 cm³/mol. The van der Waals surface area contributed by atoms with Crippen LogP contribution in [0.3, 0.4) is 0 Å². The van der Waals surface area contributed by atoms with Gasteiger partial charge in [0.15, 0.2) is 0 Å². The highest BCUT2D eigenvalue weighted by molar-refractivity contribution is 7.86. The third-order valence-corrected chi connectivity index (χ3v) is 4.71. The van der Waals surface area contributed by atoms with Gasteiger partial charge in [-0.25, -0.2) is 4.98 Å². The summed E-state index contributed by atoms with van der Waals surface area (Å²) in [6.45, 7) is 7.45. The highest BCUT2D eigenvalue weighted by atomic mass is 32.2. The molecule has 0 radical (unpaired) electrons. The van der Waals surface area contributed by atoms with E-state index in [0.29, 0.717) is 12.0 Å². The van der Waals surface area contributed by atoms with Crippen LogP contribution < -0.4 is 0 Å². The van der Waals surface area contributed by atoms with Crippen LogP contribution in [0.1, 0.15) is 30.5 Å². The number of aryl methyl sites for hydroxylation is 1. The molecule has 0 fully saturated rings. The van der Waals surface area contributed by atoms with Crippen molar-refractivity contribution in [3.8, 4) is 0 Å². The molecule has 1 N–H and O–H groups in total. The van der Waals surface area contributed by atoms with Gasteiger partial charge in [0.25, 0.3) is 16.6 Å². The number of carbonyl (C=O) groups is 1. The molecule has 3 atom stereocenters.